The van der Waals surface area contributed by atoms with E-state index in [0.717, 1.165) is 11.3 Å². The molecule has 19 heavy (non-hydrogen) atoms. The second kappa shape index (κ2) is 6.58. The van der Waals surface area contributed by atoms with Gasteiger partial charge < -0.3 is 10.1 Å². The highest BCUT2D eigenvalue weighted by Crippen LogP contribution is 2.21. The summed E-state index contributed by atoms with van der Waals surface area (Å²) >= 11 is 0. The minimum Gasteiger partial charge on any atom is -0.491 e. The van der Waals surface area contributed by atoms with Crippen LogP contribution in [0.1, 0.15) is 0 Å². The predicted molar refractivity (Wildman–Crippen MR) is 75.8 cm³/mol. The molecule has 96 valence electrons. The monoisotopic (exact) mass is 252 g/mol. The van der Waals surface area contributed by atoms with Crippen LogP contribution in [0.4, 0.5) is 0 Å². The Hall–Kier alpha value is -2.31. The summed E-state index contributed by atoms with van der Waals surface area (Å²) in [6.45, 7) is 0.345. The Balaban J connectivity index is 2.01. The normalized spacial score (nSPS) is 11.6. The Morgan fingerprint density at radius 3 is 2.26 bits per heavy atom. The average Bonchev–Trinajstić information content (AvgIpc) is 2.50. The van der Waals surface area contributed by atoms with Gasteiger partial charge in [-0.25, -0.2) is 0 Å². The van der Waals surface area contributed by atoms with Gasteiger partial charge in [0.25, 0.3) is 0 Å². The topological polar surface area (TPSA) is 45.0 Å². The van der Waals surface area contributed by atoms with Crippen molar-refractivity contribution in [2.75, 3.05) is 13.7 Å². The van der Waals surface area contributed by atoms with Gasteiger partial charge in [0, 0.05) is 0 Å². The molecule has 1 atom stereocenters. The number of nitrogens with one attached hydrogen (secondary N) is 1. The van der Waals surface area contributed by atoms with Crippen LogP contribution in [0.5, 0.6) is 5.75 Å². The van der Waals surface area contributed by atoms with E-state index < -0.39 is 0 Å². The number of benzene rings is 2. The lowest BCUT2D eigenvalue weighted by Crippen LogP contribution is -2.29. The van der Waals surface area contributed by atoms with Crippen LogP contribution >= 0.6 is 0 Å². The number of nitrogens with zero attached hydrogens (tertiary/aromatic N) is 1. The molecule has 0 fully saturated rings. The summed E-state index contributed by atoms with van der Waals surface area (Å²) in [4.78, 5) is 0. The van der Waals surface area contributed by atoms with Crippen LogP contribution in [0, 0.1) is 11.3 Å². The van der Waals surface area contributed by atoms with Gasteiger partial charge in [-0.15, -0.1) is 0 Å². The van der Waals surface area contributed by atoms with Crippen molar-refractivity contribution in [2.45, 2.75) is 6.04 Å². The maximum Gasteiger partial charge on any atom is 0.129 e. The standard InChI is InChI=1S/C16H16N2O/c1-18-15(11-17)12-19-16-9-7-14(8-10-16)13-5-3-2-4-6-13/h2-10,15,18H,12H2,1H3. The first-order valence-electron chi connectivity index (χ1n) is 6.18. The zero-order chi connectivity index (χ0) is 13.5. The van der Waals surface area contributed by atoms with E-state index >= 15 is 0 Å². The zero-order valence-corrected chi connectivity index (χ0v) is 10.8. The smallest absolute Gasteiger partial charge is 0.129 e. The highest BCUT2D eigenvalue weighted by molar-refractivity contribution is 5.63. The first kappa shape index (κ1) is 13.1. The van der Waals surface area contributed by atoms with Crippen molar-refractivity contribution in [3.8, 4) is 22.9 Å². The van der Waals surface area contributed by atoms with Crippen LogP contribution in [-0.2, 0) is 0 Å². The highest BCUT2D eigenvalue weighted by Gasteiger charge is 2.04. The number of likely N-dealkylation sites (N-methyl/N-ethyl adjacent to an activating group) is 1. The molecule has 0 aliphatic rings. The molecule has 0 bridgehead atoms. The quantitative estimate of drug-likeness (QED) is 0.890. The fraction of sp³-hybridized carbons (Fsp3) is 0.188. The molecule has 0 spiro atoms. The Bertz CT molecular complexity index is 543. The number of ether oxygens (including phenoxy) is 1. The molecule has 1 unspecified atom stereocenters. The Labute approximate surface area is 113 Å². The lowest BCUT2D eigenvalue weighted by molar-refractivity contribution is 0.295. The van der Waals surface area contributed by atoms with Gasteiger partial charge in [-0.1, -0.05) is 42.5 Å². The van der Waals surface area contributed by atoms with Gasteiger partial charge in [-0.2, -0.15) is 5.26 Å². The molecule has 0 radical (unpaired) electrons. The molecule has 0 aliphatic heterocycles. The lowest BCUT2D eigenvalue weighted by Gasteiger charge is -2.10. The summed E-state index contributed by atoms with van der Waals surface area (Å²) in [5.74, 6) is 0.773. The Morgan fingerprint density at radius 1 is 1.05 bits per heavy atom. The molecular formula is C16H16N2O. The van der Waals surface area contributed by atoms with E-state index in [9.17, 15) is 0 Å². The molecule has 2 rings (SSSR count). The summed E-state index contributed by atoms with van der Waals surface area (Å²) in [5.41, 5.74) is 2.33. The van der Waals surface area contributed by atoms with Gasteiger partial charge in [0.15, 0.2) is 0 Å². The van der Waals surface area contributed by atoms with Gasteiger partial charge in [0.1, 0.15) is 18.4 Å². The van der Waals surface area contributed by atoms with E-state index in [1.54, 1.807) is 7.05 Å². The summed E-state index contributed by atoms with van der Waals surface area (Å²) in [5, 5.41) is 11.7. The van der Waals surface area contributed by atoms with Gasteiger partial charge in [-0.3, -0.25) is 0 Å². The summed E-state index contributed by atoms with van der Waals surface area (Å²) in [7, 11) is 1.75. The maximum absolute atomic E-state index is 8.80. The molecule has 0 heterocycles. The second-order valence-electron chi connectivity index (χ2n) is 4.17. The fourth-order valence-corrected chi connectivity index (χ4v) is 1.74. The minimum absolute atomic E-state index is 0.284. The van der Waals surface area contributed by atoms with Crippen LogP contribution in [0.25, 0.3) is 11.1 Å². The van der Waals surface area contributed by atoms with Crippen LogP contribution in [-0.4, -0.2) is 19.7 Å². The van der Waals surface area contributed by atoms with Crippen molar-refractivity contribution in [3.05, 3.63) is 54.6 Å². The van der Waals surface area contributed by atoms with Crippen LogP contribution in [0.3, 0.4) is 0 Å². The summed E-state index contributed by atoms with van der Waals surface area (Å²) in [6, 6.07) is 19.9. The third kappa shape index (κ3) is 3.57. The first-order valence-corrected chi connectivity index (χ1v) is 6.18. The molecule has 3 nitrogen and oxygen atoms in total. The van der Waals surface area contributed by atoms with E-state index in [2.05, 4.69) is 23.5 Å². The molecule has 0 amide bonds. The highest BCUT2D eigenvalue weighted by atomic mass is 16.5. The maximum atomic E-state index is 8.80. The molecule has 0 saturated carbocycles. The second-order valence-corrected chi connectivity index (χ2v) is 4.17. The van der Waals surface area contributed by atoms with Crippen LogP contribution < -0.4 is 10.1 Å². The Morgan fingerprint density at radius 2 is 1.68 bits per heavy atom. The van der Waals surface area contributed by atoms with E-state index in [-0.39, 0.29) is 6.04 Å². The van der Waals surface area contributed by atoms with E-state index in [0.29, 0.717) is 6.61 Å². The van der Waals surface area contributed by atoms with Crippen molar-refractivity contribution in [3.63, 3.8) is 0 Å². The molecule has 0 saturated heterocycles. The fourth-order valence-electron chi connectivity index (χ4n) is 1.74. The third-order valence-corrected chi connectivity index (χ3v) is 2.88. The van der Waals surface area contributed by atoms with E-state index in [1.807, 2.05) is 42.5 Å². The van der Waals surface area contributed by atoms with Gasteiger partial charge in [0.05, 0.1) is 6.07 Å². The minimum atomic E-state index is -0.284. The van der Waals surface area contributed by atoms with Crippen molar-refractivity contribution in [2.24, 2.45) is 0 Å². The molecular weight excluding hydrogens is 236 g/mol. The SMILES string of the molecule is CNC(C#N)COc1ccc(-c2ccccc2)cc1. The number of rotatable bonds is 5. The predicted octanol–water partition coefficient (Wildman–Crippen LogP) is 2.84. The van der Waals surface area contributed by atoms with Crippen molar-refractivity contribution >= 4 is 0 Å². The molecule has 2 aromatic rings. The Kier molecular flexibility index (Phi) is 4.54. The zero-order valence-electron chi connectivity index (χ0n) is 10.8. The third-order valence-electron chi connectivity index (χ3n) is 2.88. The van der Waals surface area contributed by atoms with Gasteiger partial charge in [-0.05, 0) is 30.3 Å². The first-order chi connectivity index (χ1) is 9.33. The van der Waals surface area contributed by atoms with Crippen molar-refractivity contribution in [1.82, 2.24) is 5.32 Å². The molecule has 0 aromatic heterocycles. The van der Waals surface area contributed by atoms with Gasteiger partial charge >= 0.3 is 0 Å². The van der Waals surface area contributed by atoms with E-state index in [4.69, 9.17) is 10.00 Å². The summed E-state index contributed by atoms with van der Waals surface area (Å²) < 4.78 is 5.56. The van der Waals surface area contributed by atoms with Gasteiger partial charge in [0.2, 0.25) is 0 Å². The number of hydrogen-bond donors (Lipinski definition) is 1. The van der Waals surface area contributed by atoms with Crippen LogP contribution in [0.15, 0.2) is 54.6 Å². The summed E-state index contributed by atoms with van der Waals surface area (Å²) in [6.07, 6.45) is 0. The molecule has 0 aliphatic carbocycles. The van der Waals surface area contributed by atoms with Crippen molar-refractivity contribution in [1.29, 1.82) is 5.26 Å². The largest absolute Gasteiger partial charge is 0.491 e. The molecule has 1 N–H and O–H groups in total. The van der Waals surface area contributed by atoms with Crippen molar-refractivity contribution < 1.29 is 4.74 Å². The molecule has 3 heteroatoms. The number of hydrogen-bond acceptors (Lipinski definition) is 3. The lowest BCUT2D eigenvalue weighted by atomic mass is 10.1. The molecule has 2 aromatic carbocycles. The number of nitriles is 1. The van der Waals surface area contributed by atoms with Crippen LogP contribution in [0.2, 0.25) is 0 Å². The average molecular weight is 252 g/mol. The van der Waals surface area contributed by atoms with E-state index in [1.165, 1.54) is 5.56 Å².